The van der Waals surface area contributed by atoms with Crippen LogP contribution in [-0.2, 0) is 9.53 Å². The molecule has 144 valence electrons. The molecule has 0 spiro atoms. The second-order valence-corrected chi connectivity index (χ2v) is 5.95. The molecule has 0 aliphatic rings. The fraction of sp³-hybridized carbons (Fsp3) is 0.294. The van der Waals surface area contributed by atoms with Gasteiger partial charge < -0.3 is 19.5 Å². The molecule has 2 aromatic rings. The molecule has 9 nitrogen and oxygen atoms in total. The van der Waals surface area contributed by atoms with Gasteiger partial charge in [0.1, 0.15) is 5.01 Å². The maximum atomic E-state index is 12.0. The number of thiazole rings is 1. The highest BCUT2D eigenvalue weighted by atomic mass is 32.1. The molecule has 0 unspecified atom stereocenters. The SMILES string of the molecule is CCNC(=O)NC(=O)COC(=O)c1csc(-c2ccc(OC)c(OC)c2)n1. The smallest absolute Gasteiger partial charge is 0.358 e. The van der Waals surface area contributed by atoms with Crippen molar-refractivity contribution in [3.05, 3.63) is 29.3 Å². The molecule has 0 fully saturated rings. The zero-order valence-electron chi connectivity index (χ0n) is 15.0. The molecular weight excluding hydrogens is 374 g/mol. The average molecular weight is 393 g/mol. The number of rotatable bonds is 7. The van der Waals surface area contributed by atoms with Crippen molar-refractivity contribution in [1.29, 1.82) is 0 Å². The summed E-state index contributed by atoms with van der Waals surface area (Å²) < 4.78 is 15.3. The summed E-state index contributed by atoms with van der Waals surface area (Å²) in [6, 6.07) is 4.61. The normalized spacial score (nSPS) is 10.0. The van der Waals surface area contributed by atoms with Gasteiger partial charge in [-0.1, -0.05) is 0 Å². The number of ether oxygens (including phenoxy) is 3. The number of nitrogens with zero attached hydrogens (tertiary/aromatic N) is 1. The quantitative estimate of drug-likeness (QED) is 0.690. The van der Waals surface area contributed by atoms with Crippen molar-refractivity contribution in [2.24, 2.45) is 0 Å². The first-order valence-corrected chi connectivity index (χ1v) is 8.79. The third kappa shape index (κ3) is 5.42. The summed E-state index contributed by atoms with van der Waals surface area (Å²) in [5.74, 6) is -0.374. The minimum absolute atomic E-state index is 0.0654. The Bertz CT molecular complexity index is 836. The molecule has 2 rings (SSSR count). The van der Waals surface area contributed by atoms with Crippen LogP contribution in [0.1, 0.15) is 17.4 Å². The molecule has 0 aliphatic heterocycles. The number of imide groups is 1. The Kier molecular flexibility index (Phi) is 7.12. The summed E-state index contributed by atoms with van der Waals surface area (Å²) in [4.78, 5) is 39.0. The van der Waals surface area contributed by atoms with Gasteiger partial charge in [0.2, 0.25) is 0 Å². The van der Waals surface area contributed by atoms with Gasteiger partial charge in [0.15, 0.2) is 23.8 Å². The van der Waals surface area contributed by atoms with E-state index < -0.39 is 24.5 Å². The first kappa shape index (κ1) is 20.2. The van der Waals surface area contributed by atoms with Gasteiger partial charge in [0, 0.05) is 17.5 Å². The van der Waals surface area contributed by atoms with Crippen molar-refractivity contribution in [3.63, 3.8) is 0 Å². The second kappa shape index (κ2) is 9.53. The maximum absolute atomic E-state index is 12.0. The Morgan fingerprint density at radius 1 is 1.15 bits per heavy atom. The van der Waals surface area contributed by atoms with E-state index in [1.807, 2.05) is 5.32 Å². The fourth-order valence-electron chi connectivity index (χ4n) is 2.04. The minimum Gasteiger partial charge on any atom is -0.493 e. The van der Waals surface area contributed by atoms with Gasteiger partial charge in [-0.05, 0) is 25.1 Å². The van der Waals surface area contributed by atoms with Crippen LogP contribution in [0.25, 0.3) is 10.6 Å². The number of methoxy groups -OCH3 is 2. The van der Waals surface area contributed by atoms with Crippen molar-refractivity contribution in [3.8, 4) is 22.1 Å². The largest absolute Gasteiger partial charge is 0.493 e. The van der Waals surface area contributed by atoms with Gasteiger partial charge in [-0.3, -0.25) is 10.1 Å². The Balaban J connectivity index is 1.99. The lowest BCUT2D eigenvalue weighted by atomic mass is 10.2. The molecule has 2 N–H and O–H groups in total. The summed E-state index contributed by atoms with van der Waals surface area (Å²) in [5.41, 5.74) is 0.807. The van der Waals surface area contributed by atoms with Crippen LogP contribution in [0.4, 0.5) is 4.79 Å². The van der Waals surface area contributed by atoms with E-state index in [0.29, 0.717) is 23.1 Å². The Morgan fingerprint density at radius 2 is 1.89 bits per heavy atom. The van der Waals surface area contributed by atoms with E-state index in [-0.39, 0.29) is 5.69 Å². The summed E-state index contributed by atoms with van der Waals surface area (Å²) in [5, 5.41) is 6.53. The predicted molar refractivity (Wildman–Crippen MR) is 98.2 cm³/mol. The molecule has 1 aromatic carbocycles. The third-order valence-corrected chi connectivity index (χ3v) is 4.16. The number of esters is 1. The zero-order chi connectivity index (χ0) is 19.8. The molecule has 27 heavy (non-hydrogen) atoms. The number of urea groups is 1. The van der Waals surface area contributed by atoms with Crippen molar-refractivity contribution in [2.45, 2.75) is 6.92 Å². The standard InChI is InChI=1S/C17H19N3O6S/c1-4-18-17(23)20-14(21)8-26-16(22)11-9-27-15(19-11)10-5-6-12(24-2)13(7-10)25-3/h5-7,9H,4,8H2,1-3H3,(H2,18,20,21,23). The number of hydrogen-bond acceptors (Lipinski definition) is 8. The summed E-state index contributed by atoms with van der Waals surface area (Å²) in [7, 11) is 3.06. The number of carbonyl (C=O) groups is 3. The van der Waals surface area contributed by atoms with Gasteiger partial charge in [-0.15, -0.1) is 11.3 Å². The van der Waals surface area contributed by atoms with E-state index in [4.69, 9.17) is 14.2 Å². The van der Waals surface area contributed by atoms with Crippen LogP contribution in [-0.4, -0.2) is 50.3 Å². The third-order valence-electron chi connectivity index (χ3n) is 3.27. The van der Waals surface area contributed by atoms with Crippen LogP contribution in [0.2, 0.25) is 0 Å². The first-order chi connectivity index (χ1) is 13.0. The van der Waals surface area contributed by atoms with Crippen molar-refractivity contribution >= 4 is 29.2 Å². The highest BCUT2D eigenvalue weighted by Gasteiger charge is 2.16. The molecule has 0 bridgehead atoms. The highest BCUT2D eigenvalue weighted by Crippen LogP contribution is 2.33. The van der Waals surface area contributed by atoms with Crippen molar-refractivity contribution in [2.75, 3.05) is 27.4 Å². The van der Waals surface area contributed by atoms with E-state index >= 15 is 0 Å². The Labute approximate surface area is 159 Å². The fourth-order valence-corrected chi connectivity index (χ4v) is 2.83. The van der Waals surface area contributed by atoms with Crippen LogP contribution < -0.4 is 20.1 Å². The molecule has 3 amide bonds. The molecule has 0 saturated carbocycles. The van der Waals surface area contributed by atoms with Crippen LogP contribution >= 0.6 is 11.3 Å². The van der Waals surface area contributed by atoms with E-state index in [2.05, 4.69) is 10.3 Å². The lowest BCUT2D eigenvalue weighted by Crippen LogP contribution is -2.41. The minimum atomic E-state index is -0.760. The van der Waals surface area contributed by atoms with Crippen LogP contribution in [0, 0.1) is 0 Å². The van der Waals surface area contributed by atoms with E-state index in [9.17, 15) is 14.4 Å². The molecule has 1 aromatic heterocycles. The highest BCUT2D eigenvalue weighted by molar-refractivity contribution is 7.13. The summed E-state index contributed by atoms with van der Waals surface area (Å²) >= 11 is 1.24. The maximum Gasteiger partial charge on any atom is 0.358 e. The molecule has 0 saturated heterocycles. The Hall–Kier alpha value is -3.14. The lowest BCUT2D eigenvalue weighted by molar-refractivity contribution is -0.123. The van der Waals surface area contributed by atoms with Gasteiger partial charge >= 0.3 is 12.0 Å². The number of nitrogens with one attached hydrogen (secondary N) is 2. The molecule has 0 aliphatic carbocycles. The number of hydrogen-bond donors (Lipinski definition) is 2. The van der Waals surface area contributed by atoms with E-state index in [0.717, 1.165) is 5.56 Å². The number of aromatic nitrogens is 1. The molecule has 10 heteroatoms. The first-order valence-electron chi connectivity index (χ1n) is 7.91. The Morgan fingerprint density at radius 3 is 2.56 bits per heavy atom. The van der Waals surface area contributed by atoms with Crippen LogP contribution in [0.15, 0.2) is 23.6 Å². The van der Waals surface area contributed by atoms with Crippen LogP contribution in [0.5, 0.6) is 11.5 Å². The van der Waals surface area contributed by atoms with Gasteiger partial charge in [0.05, 0.1) is 14.2 Å². The zero-order valence-corrected chi connectivity index (χ0v) is 15.8. The van der Waals surface area contributed by atoms with E-state index in [1.165, 1.54) is 30.9 Å². The molecular formula is C17H19N3O6S. The van der Waals surface area contributed by atoms with Crippen molar-refractivity contribution < 1.29 is 28.6 Å². The monoisotopic (exact) mass is 393 g/mol. The predicted octanol–water partition coefficient (Wildman–Crippen LogP) is 1.83. The topological polar surface area (TPSA) is 116 Å². The summed E-state index contributed by atoms with van der Waals surface area (Å²) in [6.07, 6.45) is 0. The number of amides is 3. The number of benzene rings is 1. The van der Waals surface area contributed by atoms with Gasteiger partial charge in [-0.25, -0.2) is 14.6 Å². The number of carbonyl (C=O) groups excluding carboxylic acids is 3. The van der Waals surface area contributed by atoms with Gasteiger partial charge in [0.25, 0.3) is 5.91 Å². The average Bonchev–Trinajstić information content (AvgIpc) is 3.16. The summed E-state index contributed by atoms with van der Waals surface area (Å²) in [6.45, 7) is 1.50. The molecule has 0 radical (unpaired) electrons. The van der Waals surface area contributed by atoms with E-state index in [1.54, 1.807) is 25.1 Å². The second-order valence-electron chi connectivity index (χ2n) is 5.09. The van der Waals surface area contributed by atoms with Crippen LogP contribution in [0.3, 0.4) is 0 Å². The van der Waals surface area contributed by atoms with Gasteiger partial charge in [-0.2, -0.15) is 0 Å². The lowest BCUT2D eigenvalue weighted by Gasteiger charge is -2.08. The molecule has 1 heterocycles. The molecule has 0 atom stereocenters. The van der Waals surface area contributed by atoms with Crippen molar-refractivity contribution in [1.82, 2.24) is 15.6 Å².